The summed E-state index contributed by atoms with van der Waals surface area (Å²) in [5.74, 6) is -1.44. The lowest BCUT2D eigenvalue weighted by atomic mass is 10.3. The van der Waals surface area contributed by atoms with Crippen molar-refractivity contribution in [2.24, 2.45) is 0 Å². The number of nitrogens with one attached hydrogen (secondary N) is 1. The van der Waals surface area contributed by atoms with Crippen molar-refractivity contribution < 1.29 is 18.8 Å². The maximum absolute atomic E-state index is 11.8. The molecule has 0 aliphatic rings. The number of aromatic nitrogens is 2. The number of halogens is 3. The highest BCUT2D eigenvalue weighted by Crippen LogP contribution is 2.34. The summed E-state index contributed by atoms with van der Waals surface area (Å²) in [7, 11) is 0. The first kappa shape index (κ1) is 16.3. The number of nitrogen functional groups attached to an aromatic ring is 1. The monoisotopic (exact) mass is 364 g/mol. The molecule has 0 aliphatic carbocycles. The van der Waals surface area contributed by atoms with Gasteiger partial charge < -0.3 is 20.3 Å². The average molecular weight is 366 g/mol. The van der Waals surface area contributed by atoms with Gasteiger partial charge in [0.15, 0.2) is 23.3 Å². The standard InChI is InChI=1S/C11H7Cl3N4O4/c12-6-8(15)7(13)10(14)17-9(6)11(20)21-3-5(19)16-4-1-2-22-18-4/h1-2H,3H2,(H2,15,17)(H,16,18,19). The topological polar surface area (TPSA) is 120 Å². The average Bonchev–Trinajstić information content (AvgIpc) is 2.99. The Hall–Kier alpha value is -2.03. The Morgan fingerprint density at radius 2 is 2.05 bits per heavy atom. The molecule has 0 radical (unpaired) electrons. The van der Waals surface area contributed by atoms with E-state index in [-0.39, 0.29) is 32.4 Å². The Morgan fingerprint density at radius 1 is 1.32 bits per heavy atom. The van der Waals surface area contributed by atoms with Crippen molar-refractivity contribution in [1.82, 2.24) is 10.1 Å². The minimum atomic E-state index is -0.981. The number of anilines is 2. The van der Waals surface area contributed by atoms with Crippen LogP contribution in [0, 0.1) is 0 Å². The zero-order valence-electron chi connectivity index (χ0n) is 10.6. The van der Waals surface area contributed by atoms with Crippen LogP contribution in [0.3, 0.4) is 0 Å². The summed E-state index contributed by atoms with van der Waals surface area (Å²) < 4.78 is 9.28. The van der Waals surface area contributed by atoms with Gasteiger partial charge in [0.05, 0.1) is 10.7 Å². The van der Waals surface area contributed by atoms with Gasteiger partial charge in [-0.3, -0.25) is 4.79 Å². The molecule has 0 spiro atoms. The van der Waals surface area contributed by atoms with E-state index >= 15 is 0 Å². The smallest absolute Gasteiger partial charge is 0.359 e. The van der Waals surface area contributed by atoms with Crippen molar-refractivity contribution in [1.29, 1.82) is 0 Å². The minimum absolute atomic E-state index is 0.0769. The highest BCUT2D eigenvalue weighted by Gasteiger charge is 2.21. The van der Waals surface area contributed by atoms with Crippen LogP contribution in [0.25, 0.3) is 0 Å². The second kappa shape index (κ2) is 6.82. The molecule has 2 aromatic heterocycles. The quantitative estimate of drug-likeness (QED) is 0.630. The Morgan fingerprint density at radius 3 is 2.68 bits per heavy atom. The van der Waals surface area contributed by atoms with Crippen LogP contribution in [0.2, 0.25) is 15.2 Å². The number of hydrogen-bond acceptors (Lipinski definition) is 7. The molecule has 1 amide bonds. The molecular formula is C11H7Cl3N4O4. The highest BCUT2D eigenvalue weighted by molar-refractivity contribution is 6.46. The molecule has 0 fully saturated rings. The van der Waals surface area contributed by atoms with E-state index in [1.165, 1.54) is 12.3 Å². The van der Waals surface area contributed by atoms with E-state index in [9.17, 15) is 9.59 Å². The fraction of sp³-hybridized carbons (Fsp3) is 0.0909. The number of carbonyl (C=O) groups is 2. The predicted octanol–water partition coefficient (Wildman–Crippen LogP) is 2.41. The molecule has 0 aliphatic heterocycles. The van der Waals surface area contributed by atoms with Crippen molar-refractivity contribution in [3.63, 3.8) is 0 Å². The summed E-state index contributed by atoms with van der Waals surface area (Å²) in [6, 6.07) is 1.41. The summed E-state index contributed by atoms with van der Waals surface area (Å²) in [6.07, 6.45) is 1.27. The van der Waals surface area contributed by atoms with E-state index in [0.717, 1.165) is 0 Å². The lowest BCUT2D eigenvalue weighted by Crippen LogP contribution is -2.21. The van der Waals surface area contributed by atoms with Crippen molar-refractivity contribution in [3.8, 4) is 0 Å². The number of amides is 1. The number of nitrogens with zero attached hydrogens (tertiary/aromatic N) is 2. The maximum Gasteiger partial charge on any atom is 0.359 e. The van der Waals surface area contributed by atoms with Crippen LogP contribution in [0.15, 0.2) is 16.9 Å². The molecular weight excluding hydrogens is 359 g/mol. The Bertz CT molecular complexity index is 721. The molecule has 22 heavy (non-hydrogen) atoms. The Balaban J connectivity index is 2.02. The van der Waals surface area contributed by atoms with E-state index in [1.807, 2.05) is 0 Å². The number of hydrogen-bond donors (Lipinski definition) is 2. The molecule has 116 valence electrons. The molecule has 11 heteroatoms. The third kappa shape index (κ3) is 3.59. The molecule has 2 aromatic rings. The third-order valence-electron chi connectivity index (χ3n) is 2.30. The van der Waals surface area contributed by atoms with Gasteiger partial charge in [-0.2, -0.15) is 0 Å². The maximum atomic E-state index is 11.8. The van der Waals surface area contributed by atoms with Crippen molar-refractivity contribution in [2.45, 2.75) is 0 Å². The van der Waals surface area contributed by atoms with Crippen molar-refractivity contribution in [3.05, 3.63) is 33.2 Å². The second-order valence-electron chi connectivity index (χ2n) is 3.80. The van der Waals surface area contributed by atoms with E-state index in [2.05, 4.69) is 20.0 Å². The highest BCUT2D eigenvalue weighted by atomic mass is 35.5. The number of esters is 1. The minimum Gasteiger partial charge on any atom is -0.451 e. The van der Waals surface area contributed by atoms with Crippen LogP contribution in [0.5, 0.6) is 0 Å². The first-order valence-corrected chi connectivity index (χ1v) is 6.71. The van der Waals surface area contributed by atoms with Crippen molar-refractivity contribution in [2.75, 3.05) is 17.7 Å². The van der Waals surface area contributed by atoms with Gasteiger partial charge in [0, 0.05) is 6.07 Å². The summed E-state index contributed by atoms with van der Waals surface area (Å²) in [5, 5.41) is 5.29. The molecule has 3 N–H and O–H groups in total. The lowest BCUT2D eigenvalue weighted by molar-refractivity contribution is -0.119. The van der Waals surface area contributed by atoms with Gasteiger partial charge in [-0.25, -0.2) is 9.78 Å². The number of carbonyl (C=O) groups excluding carboxylic acids is 2. The summed E-state index contributed by atoms with van der Waals surface area (Å²) in [5.41, 5.74) is 5.12. The van der Waals surface area contributed by atoms with Crippen molar-refractivity contribution >= 4 is 58.2 Å². The van der Waals surface area contributed by atoms with Gasteiger partial charge >= 0.3 is 5.97 Å². The van der Waals surface area contributed by atoms with E-state index in [4.69, 9.17) is 45.3 Å². The molecule has 0 bridgehead atoms. The molecule has 0 aromatic carbocycles. The number of rotatable bonds is 4. The largest absolute Gasteiger partial charge is 0.451 e. The van der Waals surface area contributed by atoms with Gasteiger partial charge in [-0.1, -0.05) is 40.0 Å². The van der Waals surface area contributed by atoms with Gasteiger partial charge in [-0.15, -0.1) is 0 Å². The van der Waals surface area contributed by atoms with Gasteiger partial charge in [0.25, 0.3) is 5.91 Å². The molecule has 8 nitrogen and oxygen atoms in total. The van der Waals surface area contributed by atoms with Crippen LogP contribution in [0.1, 0.15) is 10.5 Å². The van der Waals surface area contributed by atoms with Gasteiger partial charge in [0.1, 0.15) is 11.3 Å². The molecule has 2 rings (SSSR count). The molecule has 2 heterocycles. The van der Waals surface area contributed by atoms with Crippen LogP contribution >= 0.6 is 34.8 Å². The lowest BCUT2D eigenvalue weighted by Gasteiger charge is -2.09. The second-order valence-corrected chi connectivity index (χ2v) is 4.92. The summed E-state index contributed by atoms with van der Waals surface area (Å²) in [4.78, 5) is 27.0. The molecule has 0 saturated heterocycles. The SMILES string of the molecule is Nc1c(Cl)c(Cl)nc(C(=O)OCC(=O)Nc2ccon2)c1Cl. The predicted molar refractivity (Wildman–Crippen MR) is 79.1 cm³/mol. The zero-order valence-corrected chi connectivity index (χ0v) is 12.9. The van der Waals surface area contributed by atoms with E-state index < -0.39 is 18.5 Å². The first-order chi connectivity index (χ1) is 10.4. The third-order valence-corrected chi connectivity index (χ3v) is 3.44. The van der Waals surface area contributed by atoms with E-state index in [0.29, 0.717) is 0 Å². The molecule has 0 saturated carbocycles. The van der Waals surface area contributed by atoms with E-state index in [1.54, 1.807) is 0 Å². The normalized spacial score (nSPS) is 10.3. The molecule has 0 unspecified atom stereocenters. The van der Waals surface area contributed by atoms with Crippen LogP contribution in [-0.4, -0.2) is 28.6 Å². The number of ether oxygens (including phenoxy) is 1. The number of nitrogens with two attached hydrogens (primary N) is 1. The Kier molecular flexibility index (Phi) is 5.07. The van der Waals surface area contributed by atoms with Gasteiger partial charge in [-0.05, 0) is 0 Å². The summed E-state index contributed by atoms with van der Waals surface area (Å²) >= 11 is 17.3. The number of pyridine rings is 1. The molecule has 0 atom stereocenters. The Labute approximate surface area is 138 Å². The summed E-state index contributed by atoms with van der Waals surface area (Å²) in [6.45, 7) is -0.593. The fourth-order valence-corrected chi connectivity index (χ4v) is 1.91. The van der Waals surface area contributed by atoms with Crippen LogP contribution in [-0.2, 0) is 9.53 Å². The van der Waals surface area contributed by atoms with Crippen LogP contribution in [0.4, 0.5) is 11.5 Å². The van der Waals surface area contributed by atoms with Crippen LogP contribution < -0.4 is 11.1 Å². The zero-order chi connectivity index (χ0) is 16.3. The first-order valence-electron chi connectivity index (χ1n) is 5.57. The fourth-order valence-electron chi connectivity index (χ4n) is 1.32. The van der Waals surface area contributed by atoms with Gasteiger partial charge in [0.2, 0.25) is 0 Å².